The lowest BCUT2D eigenvalue weighted by atomic mass is 9.79. The van der Waals surface area contributed by atoms with Crippen LogP contribution in [0.4, 0.5) is 13.2 Å². The molecule has 0 saturated heterocycles. The molecule has 0 atom stereocenters. The molecule has 0 amide bonds. The Labute approximate surface area is 193 Å². The van der Waals surface area contributed by atoms with Crippen LogP contribution in [0.5, 0.6) is 0 Å². The highest BCUT2D eigenvalue weighted by atomic mass is 19.4. The molecule has 4 rings (SSSR count). The van der Waals surface area contributed by atoms with Gasteiger partial charge in [-0.05, 0) is 59.6 Å². The van der Waals surface area contributed by atoms with E-state index in [1.165, 1.54) is 17.7 Å². The lowest BCUT2D eigenvalue weighted by Crippen LogP contribution is -2.16. The summed E-state index contributed by atoms with van der Waals surface area (Å²) in [7, 11) is 0. The topological polar surface area (TPSA) is 28.7 Å². The van der Waals surface area contributed by atoms with Crippen molar-refractivity contribution >= 4 is 17.0 Å². The molecule has 0 aliphatic heterocycles. The predicted molar refractivity (Wildman–Crippen MR) is 127 cm³/mol. The van der Waals surface area contributed by atoms with Gasteiger partial charge in [-0.1, -0.05) is 59.3 Å². The van der Waals surface area contributed by atoms with Gasteiger partial charge in [0.15, 0.2) is 0 Å². The zero-order valence-electron chi connectivity index (χ0n) is 20.0. The summed E-state index contributed by atoms with van der Waals surface area (Å²) in [5.74, 6) is 0. The lowest BCUT2D eigenvalue weighted by molar-refractivity contribution is -0.137. The molecule has 0 spiro atoms. The molecule has 0 fully saturated rings. The van der Waals surface area contributed by atoms with Crippen LogP contribution in [0.15, 0.2) is 42.0 Å². The van der Waals surface area contributed by atoms with Crippen LogP contribution in [-0.2, 0) is 18.0 Å². The molecule has 1 heterocycles. The van der Waals surface area contributed by atoms with Gasteiger partial charge in [-0.3, -0.25) is 0 Å². The highest BCUT2D eigenvalue weighted by molar-refractivity contribution is 5.94. The molecule has 1 aromatic heterocycles. The summed E-state index contributed by atoms with van der Waals surface area (Å²) in [5.41, 5.74) is 4.28. The first kappa shape index (κ1) is 23.2. The Balaban J connectivity index is 2.11. The van der Waals surface area contributed by atoms with E-state index >= 15 is 0 Å². The molecule has 0 bridgehead atoms. The number of hydrogen-bond donors (Lipinski definition) is 0. The number of halogens is 3. The van der Waals surface area contributed by atoms with E-state index in [1.807, 2.05) is 18.2 Å². The fourth-order valence-electron chi connectivity index (χ4n) is 4.64. The van der Waals surface area contributed by atoms with Crippen molar-refractivity contribution in [3.63, 3.8) is 0 Å². The van der Waals surface area contributed by atoms with Gasteiger partial charge in [0.1, 0.15) is 0 Å². The van der Waals surface area contributed by atoms with Gasteiger partial charge in [-0.2, -0.15) is 18.4 Å². The molecule has 0 saturated carbocycles. The van der Waals surface area contributed by atoms with E-state index in [0.29, 0.717) is 6.42 Å². The Morgan fingerprint density at radius 1 is 0.879 bits per heavy atom. The van der Waals surface area contributed by atoms with Crippen molar-refractivity contribution in [3.05, 3.63) is 69.9 Å². The molecule has 0 N–H and O–H groups in total. The maximum absolute atomic E-state index is 14.1. The van der Waals surface area contributed by atoms with Gasteiger partial charge in [0.05, 0.1) is 28.4 Å². The maximum atomic E-state index is 14.1. The van der Waals surface area contributed by atoms with Gasteiger partial charge in [-0.15, -0.1) is 0 Å². The zero-order chi connectivity index (χ0) is 24.3. The van der Waals surface area contributed by atoms with Crippen LogP contribution in [0.2, 0.25) is 0 Å². The van der Waals surface area contributed by atoms with Gasteiger partial charge in [0.25, 0.3) is 0 Å². The largest absolute Gasteiger partial charge is 0.418 e. The van der Waals surface area contributed by atoms with Crippen LogP contribution >= 0.6 is 0 Å². The number of nitrogens with zero attached hydrogens (tertiary/aromatic N) is 2. The summed E-state index contributed by atoms with van der Waals surface area (Å²) >= 11 is 0. The van der Waals surface area contributed by atoms with E-state index in [0.717, 1.165) is 40.2 Å². The molecule has 2 aromatic carbocycles. The summed E-state index contributed by atoms with van der Waals surface area (Å²) in [6, 6.07) is 11.8. The summed E-state index contributed by atoms with van der Waals surface area (Å²) in [6.07, 6.45) is -0.926. The first-order valence-corrected chi connectivity index (χ1v) is 11.2. The highest BCUT2D eigenvalue weighted by Crippen LogP contribution is 2.44. The van der Waals surface area contributed by atoms with Crippen molar-refractivity contribution in [2.24, 2.45) is 5.41 Å². The summed E-state index contributed by atoms with van der Waals surface area (Å²) in [6.45, 7) is 12.9. The van der Waals surface area contributed by atoms with Crippen LogP contribution in [0.3, 0.4) is 0 Å². The molecule has 172 valence electrons. The molecule has 0 unspecified atom stereocenters. The molecule has 1 aliphatic rings. The van der Waals surface area contributed by atoms with Gasteiger partial charge < -0.3 is 4.57 Å². The summed E-state index contributed by atoms with van der Waals surface area (Å²) < 4.78 is 44.0. The smallest absolute Gasteiger partial charge is 0.312 e. The standard InChI is InChI=1S/C28H29F3N2/c1-26(2,3)18-8-11-23-20(14-18)21-15-19(27(4,5)6)9-12-24(21)33(23)25-10-7-17(16-32)13-22(25)28(29,30)31/h7-8,10-11,13-15H,9,12H2,1-6H3. The Morgan fingerprint density at radius 2 is 1.58 bits per heavy atom. The zero-order valence-corrected chi connectivity index (χ0v) is 20.0. The van der Waals surface area contributed by atoms with Gasteiger partial charge >= 0.3 is 6.18 Å². The Morgan fingerprint density at radius 3 is 2.15 bits per heavy atom. The van der Waals surface area contributed by atoms with Crippen molar-refractivity contribution < 1.29 is 13.2 Å². The lowest BCUT2D eigenvalue weighted by Gasteiger charge is -2.27. The van der Waals surface area contributed by atoms with Gasteiger partial charge in [0, 0.05) is 16.6 Å². The number of rotatable bonds is 1. The Hall–Kier alpha value is -3.00. The maximum Gasteiger partial charge on any atom is 0.418 e. The average molecular weight is 451 g/mol. The normalized spacial score (nSPS) is 14.7. The second-order valence-corrected chi connectivity index (χ2v) is 10.9. The van der Waals surface area contributed by atoms with Crippen molar-refractivity contribution in [2.75, 3.05) is 0 Å². The minimum absolute atomic E-state index is 0.00124. The summed E-state index contributed by atoms with van der Waals surface area (Å²) in [5, 5.41) is 10.2. The molecule has 2 nitrogen and oxygen atoms in total. The number of fused-ring (bicyclic) bond motifs is 3. The third-order valence-corrected chi connectivity index (χ3v) is 6.56. The Bertz CT molecular complexity index is 1320. The van der Waals surface area contributed by atoms with Crippen LogP contribution in [-0.4, -0.2) is 4.57 Å². The number of alkyl halides is 3. The molecule has 0 radical (unpaired) electrons. The first-order valence-electron chi connectivity index (χ1n) is 11.2. The third-order valence-electron chi connectivity index (χ3n) is 6.56. The van der Waals surface area contributed by atoms with E-state index in [-0.39, 0.29) is 22.1 Å². The number of benzene rings is 2. The van der Waals surface area contributed by atoms with Crippen LogP contribution < -0.4 is 0 Å². The molecule has 33 heavy (non-hydrogen) atoms. The van der Waals surface area contributed by atoms with Crippen molar-refractivity contribution in [3.8, 4) is 11.8 Å². The minimum atomic E-state index is -4.57. The van der Waals surface area contributed by atoms with Crippen LogP contribution in [0, 0.1) is 16.7 Å². The number of allylic oxidation sites excluding steroid dienone is 1. The second kappa shape index (κ2) is 7.52. The molecular weight excluding hydrogens is 421 g/mol. The molecule has 1 aliphatic carbocycles. The van der Waals surface area contributed by atoms with E-state index in [1.54, 1.807) is 4.57 Å². The Kier molecular flexibility index (Phi) is 5.28. The SMILES string of the molecule is CC(C)(C)C1=Cc2c(n(-c3ccc(C#N)cc3C(F)(F)F)c3ccc(C(C)(C)C)cc23)CC1. The quantitative estimate of drug-likeness (QED) is 0.367. The van der Waals surface area contributed by atoms with E-state index in [4.69, 9.17) is 0 Å². The second-order valence-electron chi connectivity index (χ2n) is 10.9. The molecular formula is C28H29F3N2. The highest BCUT2D eigenvalue weighted by Gasteiger charge is 2.36. The first-order chi connectivity index (χ1) is 15.2. The van der Waals surface area contributed by atoms with Gasteiger partial charge in [-0.25, -0.2) is 0 Å². The molecule has 5 heteroatoms. The van der Waals surface area contributed by atoms with Crippen molar-refractivity contribution in [1.29, 1.82) is 5.26 Å². The van der Waals surface area contributed by atoms with Crippen LogP contribution in [0.1, 0.15) is 75.9 Å². The number of aromatic nitrogens is 1. The number of hydrogen-bond acceptors (Lipinski definition) is 1. The van der Waals surface area contributed by atoms with E-state index in [9.17, 15) is 18.4 Å². The van der Waals surface area contributed by atoms with E-state index in [2.05, 4.69) is 53.7 Å². The van der Waals surface area contributed by atoms with Crippen molar-refractivity contribution in [2.45, 2.75) is 66.0 Å². The monoisotopic (exact) mass is 450 g/mol. The van der Waals surface area contributed by atoms with Crippen molar-refractivity contribution in [1.82, 2.24) is 4.57 Å². The molecule has 3 aromatic rings. The average Bonchev–Trinajstić information content (AvgIpc) is 3.04. The fraction of sp³-hybridized carbons (Fsp3) is 0.393. The fourth-order valence-corrected chi connectivity index (χ4v) is 4.64. The number of nitriles is 1. The van der Waals surface area contributed by atoms with Crippen LogP contribution in [0.25, 0.3) is 22.7 Å². The minimum Gasteiger partial charge on any atom is -0.312 e. The van der Waals surface area contributed by atoms with E-state index < -0.39 is 11.7 Å². The predicted octanol–water partition coefficient (Wildman–Crippen LogP) is 8.19. The third kappa shape index (κ3) is 4.08. The summed E-state index contributed by atoms with van der Waals surface area (Å²) in [4.78, 5) is 0. The van der Waals surface area contributed by atoms with Gasteiger partial charge in [0.2, 0.25) is 0 Å².